The van der Waals surface area contributed by atoms with Crippen LogP contribution in [0.25, 0.3) is 22.2 Å². The molecule has 0 saturated carbocycles. The molecule has 4 heteroatoms. The Hall–Kier alpha value is -1.68. The highest BCUT2D eigenvalue weighted by atomic mass is 79.9. The molecule has 0 atom stereocenters. The van der Waals surface area contributed by atoms with E-state index in [1.807, 2.05) is 18.3 Å². The van der Waals surface area contributed by atoms with Crippen molar-refractivity contribution >= 4 is 27.0 Å². The van der Waals surface area contributed by atoms with Crippen LogP contribution >= 0.6 is 15.9 Å². The minimum absolute atomic E-state index is 0.898. The van der Waals surface area contributed by atoms with Gasteiger partial charge in [0.2, 0.25) is 0 Å². The Morgan fingerprint density at radius 1 is 1.19 bits per heavy atom. The molecule has 3 aromatic heterocycles. The van der Waals surface area contributed by atoms with E-state index in [2.05, 4.69) is 36.9 Å². The van der Waals surface area contributed by atoms with Gasteiger partial charge < -0.3 is 4.98 Å². The summed E-state index contributed by atoms with van der Waals surface area (Å²) in [5.41, 5.74) is 3.18. The first-order valence-corrected chi connectivity index (χ1v) is 5.67. The summed E-state index contributed by atoms with van der Waals surface area (Å²) in [7, 11) is 0. The molecule has 3 rings (SSSR count). The van der Waals surface area contributed by atoms with Gasteiger partial charge in [-0.05, 0) is 39.7 Å². The smallest absolute Gasteiger partial charge is 0.137 e. The number of aromatic nitrogens is 3. The lowest BCUT2D eigenvalue weighted by Gasteiger charge is -1.98. The molecular formula is C12H8BrN3. The number of nitrogens with zero attached hydrogens (tertiary/aromatic N) is 2. The van der Waals surface area contributed by atoms with Crippen molar-refractivity contribution in [3.05, 3.63) is 47.5 Å². The predicted molar refractivity (Wildman–Crippen MR) is 67.0 cm³/mol. The highest BCUT2D eigenvalue weighted by Crippen LogP contribution is 2.28. The van der Waals surface area contributed by atoms with E-state index in [0.29, 0.717) is 0 Å². The summed E-state index contributed by atoms with van der Waals surface area (Å²) in [6.07, 6.45) is 7.34. The molecule has 0 amide bonds. The number of hydrogen-bond acceptors (Lipinski definition) is 2. The highest BCUT2D eigenvalue weighted by molar-refractivity contribution is 9.10. The quantitative estimate of drug-likeness (QED) is 0.739. The minimum Gasteiger partial charge on any atom is -0.346 e. The molecule has 0 radical (unpaired) electrons. The van der Waals surface area contributed by atoms with E-state index >= 15 is 0 Å². The van der Waals surface area contributed by atoms with E-state index in [4.69, 9.17) is 0 Å². The average molecular weight is 274 g/mol. The largest absolute Gasteiger partial charge is 0.346 e. The summed E-state index contributed by atoms with van der Waals surface area (Å²) in [5.74, 6) is 0. The SMILES string of the molecule is Brc1cnc2[nH]cc(-c3ccncc3)c2c1. The van der Waals surface area contributed by atoms with Gasteiger partial charge in [0, 0.05) is 40.2 Å². The molecule has 0 bridgehead atoms. The molecule has 0 fully saturated rings. The standard InChI is InChI=1S/C12H8BrN3/c13-9-5-10-11(7-16-12(10)15-6-9)8-1-3-14-4-2-8/h1-7H,(H,15,16). The Balaban J connectivity index is 2.29. The van der Waals surface area contributed by atoms with E-state index in [9.17, 15) is 0 Å². The molecule has 3 heterocycles. The molecule has 0 spiro atoms. The first kappa shape index (κ1) is 9.54. The molecule has 0 aliphatic rings. The maximum atomic E-state index is 4.31. The average Bonchev–Trinajstić information content (AvgIpc) is 2.73. The number of hydrogen-bond donors (Lipinski definition) is 1. The maximum Gasteiger partial charge on any atom is 0.137 e. The number of halogens is 1. The third-order valence-electron chi connectivity index (χ3n) is 2.49. The monoisotopic (exact) mass is 273 g/mol. The van der Waals surface area contributed by atoms with Crippen molar-refractivity contribution in [2.45, 2.75) is 0 Å². The second-order valence-electron chi connectivity index (χ2n) is 3.49. The predicted octanol–water partition coefficient (Wildman–Crippen LogP) is 3.39. The van der Waals surface area contributed by atoms with E-state index < -0.39 is 0 Å². The Morgan fingerprint density at radius 3 is 2.81 bits per heavy atom. The topological polar surface area (TPSA) is 41.6 Å². The lowest BCUT2D eigenvalue weighted by molar-refractivity contribution is 1.31. The van der Waals surface area contributed by atoms with Gasteiger partial charge in [-0.1, -0.05) is 0 Å². The third kappa shape index (κ3) is 1.51. The molecular weight excluding hydrogens is 266 g/mol. The Bertz CT molecular complexity index is 631. The first-order valence-electron chi connectivity index (χ1n) is 4.87. The van der Waals surface area contributed by atoms with Crippen LogP contribution in [0, 0.1) is 0 Å². The summed E-state index contributed by atoms with van der Waals surface area (Å²) in [5, 5.41) is 1.11. The Labute approximate surface area is 101 Å². The van der Waals surface area contributed by atoms with Gasteiger partial charge in [0.25, 0.3) is 0 Å². The van der Waals surface area contributed by atoms with Crippen LogP contribution in [-0.4, -0.2) is 15.0 Å². The van der Waals surface area contributed by atoms with Crippen LogP contribution in [0.5, 0.6) is 0 Å². The van der Waals surface area contributed by atoms with Crippen LogP contribution in [-0.2, 0) is 0 Å². The summed E-state index contributed by atoms with van der Waals surface area (Å²) < 4.78 is 0.981. The van der Waals surface area contributed by atoms with Crippen molar-refractivity contribution in [3.63, 3.8) is 0 Å². The number of aromatic amines is 1. The maximum absolute atomic E-state index is 4.31. The van der Waals surface area contributed by atoms with Crippen LogP contribution in [0.4, 0.5) is 0 Å². The Kier molecular flexibility index (Phi) is 2.22. The van der Waals surface area contributed by atoms with Gasteiger partial charge in [0.05, 0.1) is 0 Å². The van der Waals surface area contributed by atoms with E-state index in [0.717, 1.165) is 26.6 Å². The third-order valence-corrected chi connectivity index (χ3v) is 2.92. The molecule has 3 nitrogen and oxygen atoms in total. The van der Waals surface area contributed by atoms with Crippen molar-refractivity contribution in [1.29, 1.82) is 0 Å². The van der Waals surface area contributed by atoms with Gasteiger partial charge in [-0.15, -0.1) is 0 Å². The van der Waals surface area contributed by atoms with Gasteiger partial charge in [-0.25, -0.2) is 4.98 Å². The zero-order valence-electron chi connectivity index (χ0n) is 8.31. The summed E-state index contributed by atoms with van der Waals surface area (Å²) >= 11 is 3.44. The summed E-state index contributed by atoms with van der Waals surface area (Å²) in [6, 6.07) is 6.04. The first-order chi connectivity index (χ1) is 7.84. The van der Waals surface area contributed by atoms with Crippen LogP contribution in [0.3, 0.4) is 0 Å². The molecule has 0 unspecified atom stereocenters. The van der Waals surface area contributed by atoms with Crippen LogP contribution < -0.4 is 0 Å². The fourth-order valence-electron chi connectivity index (χ4n) is 1.75. The van der Waals surface area contributed by atoms with E-state index in [1.165, 1.54) is 0 Å². The fourth-order valence-corrected chi connectivity index (χ4v) is 2.08. The molecule has 1 N–H and O–H groups in total. The lowest BCUT2D eigenvalue weighted by Crippen LogP contribution is -1.78. The highest BCUT2D eigenvalue weighted by Gasteiger charge is 2.06. The minimum atomic E-state index is 0.898. The zero-order chi connectivity index (χ0) is 11.0. The van der Waals surface area contributed by atoms with Gasteiger partial charge >= 0.3 is 0 Å². The van der Waals surface area contributed by atoms with Crippen molar-refractivity contribution in [2.75, 3.05) is 0 Å². The van der Waals surface area contributed by atoms with Gasteiger partial charge in [-0.3, -0.25) is 4.98 Å². The van der Waals surface area contributed by atoms with Gasteiger partial charge in [0.15, 0.2) is 0 Å². The molecule has 16 heavy (non-hydrogen) atoms. The molecule has 78 valence electrons. The summed E-state index contributed by atoms with van der Waals surface area (Å²) in [4.78, 5) is 11.5. The van der Waals surface area contributed by atoms with Crippen LogP contribution in [0.15, 0.2) is 47.5 Å². The normalized spacial score (nSPS) is 10.8. The molecule has 0 aliphatic heterocycles. The number of pyridine rings is 2. The lowest BCUT2D eigenvalue weighted by atomic mass is 10.1. The number of rotatable bonds is 1. The molecule has 0 aliphatic carbocycles. The zero-order valence-corrected chi connectivity index (χ0v) is 9.90. The van der Waals surface area contributed by atoms with Gasteiger partial charge in [0.1, 0.15) is 5.65 Å². The van der Waals surface area contributed by atoms with Crippen molar-refractivity contribution in [2.24, 2.45) is 0 Å². The van der Waals surface area contributed by atoms with Crippen molar-refractivity contribution in [1.82, 2.24) is 15.0 Å². The number of H-pyrrole nitrogens is 1. The van der Waals surface area contributed by atoms with E-state index in [-0.39, 0.29) is 0 Å². The second kappa shape index (κ2) is 3.72. The van der Waals surface area contributed by atoms with Crippen LogP contribution in [0.2, 0.25) is 0 Å². The van der Waals surface area contributed by atoms with Crippen molar-refractivity contribution in [3.8, 4) is 11.1 Å². The number of fused-ring (bicyclic) bond motifs is 1. The van der Waals surface area contributed by atoms with Crippen LogP contribution in [0.1, 0.15) is 0 Å². The van der Waals surface area contributed by atoms with E-state index in [1.54, 1.807) is 18.6 Å². The van der Waals surface area contributed by atoms with Crippen molar-refractivity contribution < 1.29 is 0 Å². The van der Waals surface area contributed by atoms with Gasteiger partial charge in [-0.2, -0.15) is 0 Å². The fraction of sp³-hybridized carbons (Fsp3) is 0. The second-order valence-corrected chi connectivity index (χ2v) is 4.40. The Morgan fingerprint density at radius 2 is 2.00 bits per heavy atom. The number of nitrogens with one attached hydrogen (secondary N) is 1. The molecule has 3 aromatic rings. The molecule has 0 saturated heterocycles. The summed E-state index contributed by atoms with van der Waals surface area (Å²) in [6.45, 7) is 0. The molecule has 0 aromatic carbocycles.